The molecule has 2 aromatic carbocycles. The Morgan fingerprint density at radius 3 is 2.86 bits per heavy atom. The van der Waals surface area contributed by atoms with Crippen LogP contribution in [0.2, 0.25) is 0 Å². The van der Waals surface area contributed by atoms with Gasteiger partial charge in [-0.05, 0) is 41.8 Å². The number of aromatic nitrogens is 3. The van der Waals surface area contributed by atoms with Crippen LogP contribution in [0.1, 0.15) is 29.9 Å². The average molecular weight is 388 g/mol. The van der Waals surface area contributed by atoms with E-state index in [4.69, 9.17) is 2.74 Å². The molecule has 0 fully saturated rings. The number of hydrogen-bond donors (Lipinski definition) is 0. The fourth-order valence-corrected chi connectivity index (χ4v) is 3.72. The van der Waals surface area contributed by atoms with Gasteiger partial charge in [0.2, 0.25) is 0 Å². The summed E-state index contributed by atoms with van der Waals surface area (Å²) in [6.45, 7) is -0.307. The second-order valence-electron chi connectivity index (χ2n) is 7.20. The first kappa shape index (κ1) is 15.4. The van der Waals surface area contributed by atoms with E-state index in [1.807, 2.05) is 32.3 Å². The Balaban J connectivity index is 1.51. The van der Waals surface area contributed by atoms with E-state index in [1.54, 1.807) is 28.9 Å². The zero-order valence-electron chi connectivity index (χ0n) is 18.0. The number of pyridine rings is 1. The van der Waals surface area contributed by atoms with Crippen LogP contribution >= 0.6 is 0 Å². The van der Waals surface area contributed by atoms with Crippen molar-refractivity contribution in [3.63, 3.8) is 0 Å². The molecule has 29 heavy (non-hydrogen) atoms. The molecule has 5 nitrogen and oxygen atoms in total. The second-order valence-corrected chi connectivity index (χ2v) is 7.20. The van der Waals surface area contributed by atoms with Crippen molar-refractivity contribution in [3.8, 4) is 11.1 Å². The van der Waals surface area contributed by atoms with Crippen molar-refractivity contribution in [2.45, 2.75) is 20.0 Å². The van der Waals surface area contributed by atoms with Gasteiger partial charge in [-0.25, -0.2) is 4.39 Å². The zero-order valence-corrected chi connectivity index (χ0v) is 16.0. The molecule has 0 bridgehead atoms. The molecular formula is C23H19FN4O. The van der Waals surface area contributed by atoms with E-state index in [2.05, 4.69) is 10.1 Å². The summed E-state index contributed by atoms with van der Waals surface area (Å²) in [5.41, 5.74) is 3.98. The highest BCUT2D eigenvalue weighted by atomic mass is 19.1. The van der Waals surface area contributed by atoms with Crippen molar-refractivity contribution in [1.29, 1.82) is 0 Å². The van der Waals surface area contributed by atoms with E-state index >= 15 is 4.39 Å². The molecule has 0 radical (unpaired) electrons. The Labute approximate surface area is 170 Å². The lowest BCUT2D eigenvalue weighted by molar-refractivity contribution is 0.0765. The lowest BCUT2D eigenvalue weighted by atomic mass is 9.98. The Morgan fingerprint density at radius 2 is 2.07 bits per heavy atom. The second kappa shape index (κ2) is 6.51. The maximum Gasteiger partial charge on any atom is 0.256 e. The molecule has 0 saturated heterocycles. The largest absolute Gasteiger partial charge is 0.328 e. The monoisotopic (exact) mass is 388 g/mol. The van der Waals surface area contributed by atoms with Crippen molar-refractivity contribution >= 4 is 16.8 Å². The Hall–Kier alpha value is -3.54. The van der Waals surface area contributed by atoms with Gasteiger partial charge < -0.3 is 4.90 Å². The van der Waals surface area contributed by atoms with Gasteiger partial charge in [0.05, 0.1) is 26.0 Å². The van der Waals surface area contributed by atoms with Crippen LogP contribution in [0.5, 0.6) is 0 Å². The lowest BCUT2D eigenvalue weighted by Gasteiger charge is -2.16. The molecule has 0 spiro atoms. The number of fused-ring (bicyclic) bond motifs is 2. The molecule has 0 saturated carbocycles. The third-order valence-corrected chi connectivity index (χ3v) is 5.21. The van der Waals surface area contributed by atoms with Crippen molar-refractivity contribution in [2.75, 3.05) is 0 Å². The van der Waals surface area contributed by atoms with Crippen LogP contribution in [0.4, 0.5) is 4.39 Å². The van der Waals surface area contributed by atoms with E-state index in [-0.39, 0.29) is 23.4 Å². The topological polar surface area (TPSA) is 51.0 Å². The minimum Gasteiger partial charge on any atom is -0.328 e. The number of nitrogens with zero attached hydrogens (tertiary/aromatic N) is 4. The highest BCUT2D eigenvalue weighted by molar-refractivity contribution is 5.98. The molecule has 6 heteroatoms. The number of amides is 1. The fraction of sp³-hybridized carbons (Fsp3) is 0.174. The molecule has 0 N–H and O–H groups in total. The summed E-state index contributed by atoms with van der Waals surface area (Å²) >= 11 is 0. The minimum atomic E-state index is -2.10. The van der Waals surface area contributed by atoms with E-state index in [1.165, 1.54) is 12.3 Å². The molecule has 144 valence electrons. The highest BCUT2D eigenvalue weighted by Crippen LogP contribution is 2.31. The van der Waals surface area contributed by atoms with Gasteiger partial charge in [-0.15, -0.1) is 0 Å². The maximum atomic E-state index is 15.1. The molecular weight excluding hydrogens is 367 g/mol. The van der Waals surface area contributed by atoms with Gasteiger partial charge in [0.1, 0.15) is 5.82 Å². The van der Waals surface area contributed by atoms with Crippen molar-refractivity contribution < 1.29 is 11.9 Å². The predicted molar refractivity (Wildman–Crippen MR) is 109 cm³/mol. The molecule has 0 atom stereocenters. The van der Waals surface area contributed by atoms with Gasteiger partial charge in [0.15, 0.2) is 0 Å². The number of benzene rings is 2. The lowest BCUT2D eigenvalue weighted by Crippen LogP contribution is -2.23. The minimum absolute atomic E-state index is 0.0654. The third kappa shape index (κ3) is 2.88. The van der Waals surface area contributed by atoms with Crippen LogP contribution in [-0.2, 0) is 20.1 Å². The van der Waals surface area contributed by atoms with Gasteiger partial charge in [-0.2, -0.15) is 5.10 Å². The zero-order chi connectivity index (χ0) is 21.9. The van der Waals surface area contributed by atoms with Crippen molar-refractivity contribution in [2.24, 2.45) is 7.05 Å². The summed E-state index contributed by atoms with van der Waals surface area (Å²) in [6, 6.07) is 11.8. The summed E-state index contributed by atoms with van der Waals surface area (Å²) in [6.07, 6.45) is 3.36. The summed E-state index contributed by atoms with van der Waals surface area (Å²) < 4.78 is 33.5. The first-order valence-electron chi connectivity index (χ1n) is 10.3. The van der Waals surface area contributed by atoms with Crippen molar-refractivity contribution in [3.05, 3.63) is 83.1 Å². The van der Waals surface area contributed by atoms with Gasteiger partial charge in [0, 0.05) is 36.9 Å². The Bertz CT molecular complexity index is 1370. The first-order valence-corrected chi connectivity index (χ1v) is 9.26. The highest BCUT2D eigenvalue weighted by Gasteiger charge is 2.28. The molecule has 3 heterocycles. The maximum absolute atomic E-state index is 15.1. The molecule has 0 unspecified atom stereocenters. The van der Waals surface area contributed by atoms with E-state index in [0.717, 1.165) is 26.9 Å². The number of carbonyl (C=O) groups is 1. The number of halogens is 1. The van der Waals surface area contributed by atoms with Crippen LogP contribution in [0.3, 0.4) is 0 Å². The van der Waals surface area contributed by atoms with Gasteiger partial charge in [0.25, 0.3) is 5.91 Å². The number of aryl methyl sites for hydroxylation is 2. The van der Waals surface area contributed by atoms with Gasteiger partial charge >= 0.3 is 0 Å². The van der Waals surface area contributed by atoms with Crippen LogP contribution in [0, 0.1) is 12.7 Å². The third-order valence-electron chi connectivity index (χ3n) is 5.21. The van der Waals surface area contributed by atoms with Crippen LogP contribution in [0.15, 0.2) is 54.9 Å². The summed E-state index contributed by atoms with van der Waals surface area (Å²) in [7, 11) is 1.85. The molecule has 5 rings (SSSR count). The standard InChI is InChI=1S/C23H19FN4O/c1-14-5-8-17(19-12-27(2)26-22(14)19)15-6-7-16(20(24)10-15)11-28-13-21-18(23(28)29)4-3-9-25-21/h3-10,12H,11,13H2,1-2H3/i13D2. The summed E-state index contributed by atoms with van der Waals surface area (Å²) in [5, 5.41) is 5.42. The first-order chi connectivity index (χ1) is 14.8. The molecule has 0 aliphatic carbocycles. The summed E-state index contributed by atoms with van der Waals surface area (Å²) in [5.74, 6) is -0.991. The van der Waals surface area contributed by atoms with Crippen molar-refractivity contribution in [1.82, 2.24) is 19.7 Å². The normalized spacial score (nSPS) is 16.1. The van der Waals surface area contributed by atoms with Gasteiger partial charge in [-0.1, -0.05) is 24.3 Å². The van der Waals surface area contributed by atoms with Crippen LogP contribution < -0.4 is 0 Å². The quantitative estimate of drug-likeness (QED) is 0.528. The molecule has 1 aliphatic heterocycles. The molecule has 4 aromatic rings. The predicted octanol–water partition coefficient (Wildman–Crippen LogP) is 4.24. The molecule has 2 aromatic heterocycles. The molecule has 1 aliphatic rings. The number of carbonyl (C=O) groups excluding carboxylic acids is 1. The number of hydrogen-bond acceptors (Lipinski definition) is 3. The van der Waals surface area contributed by atoms with Crippen LogP contribution in [-0.4, -0.2) is 25.6 Å². The van der Waals surface area contributed by atoms with Crippen LogP contribution in [0.25, 0.3) is 22.0 Å². The SMILES string of the molecule is [2H]C1([2H])c2ncccc2C(=O)N1Cc1ccc(-c2ccc(C)c3nn(C)cc23)cc1F. The fourth-order valence-electron chi connectivity index (χ4n) is 3.72. The van der Waals surface area contributed by atoms with Gasteiger partial charge in [-0.3, -0.25) is 14.5 Å². The Morgan fingerprint density at radius 1 is 1.21 bits per heavy atom. The number of rotatable bonds is 3. The van der Waals surface area contributed by atoms with E-state index < -0.39 is 18.2 Å². The molecule has 1 amide bonds. The summed E-state index contributed by atoms with van der Waals surface area (Å²) in [4.78, 5) is 17.8. The average Bonchev–Trinajstić information content (AvgIpc) is 3.22. The smallest absolute Gasteiger partial charge is 0.256 e. The van der Waals surface area contributed by atoms with E-state index in [0.29, 0.717) is 5.56 Å². The Kier molecular flexibility index (Phi) is 3.46. The van der Waals surface area contributed by atoms with E-state index in [9.17, 15) is 4.79 Å².